The lowest BCUT2D eigenvalue weighted by Gasteiger charge is -2.13. The van der Waals surface area contributed by atoms with E-state index in [0.29, 0.717) is 5.69 Å². The van der Waals surface area contributed by atoms with Crippen molar-refractivity contribution < 1.29 is 22.3 Å². The molecule has 2 aromatic rings. The van der Waals surface area contributed by atoms with Crippen molar-refractivity contribution in [2.24, 2.45) is 0 Å². The number of rotatable bonds is 3. The summed E-state index contributed by atoms with van der Waals surface area (Å²) in [6.07, 6.45) is -4.54. The minimum atomic E-state index is -4.54. The average molecular weight is 300 g/mol. The van der Waals surface area contributed by atoms with E-state index in [-0.39, 0.29) is 17.1 Å². The standard InChI is InChI=1S/C14H12F4N2O/c1-21-13-7-9(2-4-11(13)15)20-8-3-5-12(19)10(6-8)14(16,17)18/h2-7,20H,19H2,1H3. The Morgan fingerprint density at radius 2 is 1.67 bits per heavy atom. The largest absolute Gasteiger partial charge is 0.494 e. The van der Waals surface area contributed by atoms with E-state index in [4.69, 9.17) is 10.5 Å². The number of nitrogen functional groups attached to an aromatic ring is 1. The Labute approximate surface area is 118 Å². The molecule has 0 atom stereocenters. The van der Waals surface area contributed by atoms with Gasteiger partial charge in [-0.3, -0.25) is 0 Å². The summed E-state index contributed by atoms with van der Waals surface area (Å²) in [5.41, 5.74) is 4.61. The Morgan fingerprint density at radius 1 is 1.05 bits per heavy atom. The highest BCUT2D eigenvalue weighted by molar-refractivity contribution is 5.65. The number of nitrogens with one attached hydrogen (secondary N) is 1. The first-order chi connectivity index (χ1) is 9.81. The second kappa shape index (κ2) is 5.51. The quantitative estimate of drug-likeness (QED) is 0.660. The molecule has 0 saturated heterocycles. The molecule has 0 spiro atoms. The number of ether oxygens (including phenoxy) is 1. The van der Waals surface area contributed by atoms with Crippen LogP contribution < -0.4 is 15.8 Å². The van der Waals surface area contributed by atoms with E-state index in [9.17, 15) is 17.6 Å². The molecule has 0 aliphatic rings. The Morgan fingerprint density at radius 3 is 2.29 bits per heavy atom. The zero-order valence-corrected chi connectivity index (χ0v) is 11.0. The lowest BCUT2D eigenvalue weighted by atomic mass is 10.1. The highest BCUT2D eigenvalue weighted by Gasteiger charge is 2.33. The normalized spacial score (nSPS) is 11.3. The molecule has 0 radical (unpaired) electrons. The first-order valence-corrected chi connectivity index (χ1v) is 5.88. The van der Waals surface area contributed by atoms with Gasteiger partial charge in [0.05, 0.1) is 12.7 Å². The van der Waals surface area contributed by atoms with E-state index in [1.165, 1.54) is 25.3 Å². The monoisotopic (exact) mass is 300 g/mol. The number of nitrogens with two attached hydrogens (primary N) is 1. The van der Waals surface area contributed by atoms with E-state index < -0.39 is 17.6 Å². The van der Waals surface area contributed by atoms with Gasteiger partial charge in [-0.1, -0.05) is 0 Å². The van der Waals surface area contributed by atoms with Gasteiger partial charge in [-0.15, -0.1) is 0 Å². The maximum atomic E-state index is 13.3. The van der Waals surface area contributed by atoms with Crippen LogP contribution in [0.3, 0.4) is 0 Å². The van der Waals surface area contributed by atoms with Crippen LogP contribution in [-0.4, -0.2) is 7.11 Å². The Kier molecular flexibility index (Phi) is 3.93. The zero-order valence-electron chi connectivity index (χ0n) is 11.0. The molecular formula is C14H12F4N2O. The molecule has 3 nitrogen and oxygen atoms in total. The van der Waals surface area contributed by atoms with Crippen molar-refractivity contribution in [2.45, 2.75) is 6.18 Å². The molecule has 0 heterocycles. The molecule has 21 heavy (non-hydrogen) atoms. The predicted molar refractivity (Wildman–Crippen MR) is 72.1 cm³/mol. The van der Waals surface area contributed by atoms with Crippen molar-refractivity contribution in [3.05, 3.63) is 47.8 Å². The van der Waals surface area contributed by atoms with Crippen molar-refractivity contribution in [1.29, 1.82) is 0 Å². The number of methoxy groups -OCH3 is 1. The van der Waals surface area contributed by atoms with Gasteiger partial charge in [-0.25, -0.2) is 4.39 Å². The molecule has 0 unspecified atom stereocenters. The van der Waals surface area contributed by atoms with Crippen molar-refractivity contribution in [3.63, 3.8) is 0 Å². The maximum Gasteiger partial charge on any atom is 0.418 e. The molecule has 112 valence electrons. The number of halogens is 4. The van der Waals surface area contributed by atoms with Gasteiger partial charge in [-0.2, -0.15) is 13.2 Å². The van der Waals surface area contributed by atoms with Crippen LogP contribution in [0.4, 0.5) is 34.6 Å². The van der Waals surface area contributed by atoms with Crippen molar-refractivity contribution in [3.8, 4) is 5.75 Å². The van der Waals surface area contributed by atoms with Crippen LogP contribution in [0.5, 0.6) is 5.75 Å². The van der Waals surface area contributed by atoms with Crippen LogP contribution >= 0.6 is 0 Å². The Balaban J connectivity index is 2.32. The van der Waals surface area contributed by atoms with Crippen LogP contribution in [0.1, 0.15) is 5.56 Å². The summed E-state index contributed by atoms with van der Waals surface area (Å²) in [6, 6.07) is 7.35. The van der Waals surface area contributed by atoms with Gasteiger partial charge in [0.2, 0.25) is 0 Å². The van der Waals surface area contributed by atoms with Crippen molar-refractivity contribution >= 4 is 17.1 Å². The fraction of sp³-hybridized carbons (Fsp3) is 0.143. The second-order valence-corrected chi connectivity index (χ2v) is 4.27. The smallest absolute Gasteiger partial charge is 0.418 e. The number of hydrogen-bond acceptors (Lipinski definition) is 3. The summed E-state index contributed by atoms with van der Waals surface area (Å²) >= 11 is 0. The van der Waals surface area contributed by atoms with Crippen molar-refractivity contribution in [1.82, 2.24) is 0 Å². The topological polar surface area (TPSA) is 47.3 Å². The molecule has 0 bridgehead atoms. The number of alkyl halides is 3. The van der Waals surface area contributed by atoms with Crippen LogP contribution in [0.25, 0.3) is 0 Å². The van der Waals surface area contributed by atoms with E-state index in [2.05, 4.69) is 5.32 Å². The summed E-state index contributed by atoms with van der Waals surface area (Å²) in [5.74, 6) is -0.567. The van der Waals surface area contributed by atoms with Gasteiger partial charge in [0.15, 0.2) is 11.6 Å². The third-order valence-corrected chi connectivity index (χ3v) is 2.80. The summed E-state index contributed by atoms with van der Waals surface area (Å²) < 4.78 is 56.4. The van der Waals surface area contributed by atoms with E-state index in [1.54, 1.807) is 0 Å². The van der Waals surface area contributed by atoms with E-state index in [1.807, 2.05) is 0 Å². The second-order valence-electron chi connectivity index (χ2n) is 4.27. The van der Waals surface area contributed by atoms with Crippen LogP contribution in [0.15, 0.2) is 36.4 Å². The molecule has 7 heteroatoms. The SMILES string of the molecule is COc1cc(Nc2ccc(N)c(C(F)(F)F)c2)ccc1F. The Bertz CT molecular complexity index is 656. The lowest BCUT2D eigenvalue weighted by Crippen LogP contribution is -2.09. The molecule has 0 aromatic heterocycles. The number of anilines is 3. The highest BCUT2D eigenvalue weighted by Crippen LogP contribution is 2.36. The summed E-state index contributed by atoms with van der Waals surface area (Å²) in [4.78, 5) is 0. The molecule has 2 aromatic carbocycles. The molecular weight excluding hydrogens is 288 g/mol. The molecule has 2 rings (SSSR count). The van der Waals surface area contributed by atoms with Gasteiger partial charge >= 0.3 is 6.18 Å². The van der Waals surface area contributed by atoms with Gasteiger partial charge < -0.3 is 15.8 Å². The number of hydrogen-bond donors (Lipinski definition) is 2. The van der Waals surface area contributed by atoms with E-state index in [0.717, 1.165) is 18.2 Å². The minimum Gasteiger partial charge on any atom is -0.494 e. The summed E-state index contributed by atoms with van der Waals surface area (Å²) in [5, 5.41) is 2.74. The van der Waals surface area contributed by atoms with Crippen LogP contribution in [0, 0.1) is 5.82 Å². The maximum absolute atomic E-state index is 13.3. The highest BCUT2D eigenvalue weighted by atomic mass is 19.4. The molecule has 3 N–H and O–H groups in total. The zero-order chi connectivity index (χ0) is 15.6. The van der Waals surface area contributed by atoms with Gasteiger partial charge in [0, 0.05) is 23.1 Å². The predicted octanol–water partition coefficient (Wildman–Crippen LogP) is 4.18. The summed E-state index contributed by atoms with van der Waals surface area (Å²) in [7, 11) is 1.30. The fourth-order valence-corrected chi connectivity index (χ4v) is 1.78. The lowest BCUT2D eigenvalue weighted by molar-refractivity contribution is -0.136. The van der Waals surface area contributed by atoms with Crippen molar-refractivity contribution in [2.75, 3.05) is 18.2 Å². The first-order valence-electron chi connectivity index (χ1n) is 5.88. The van der Waals surface area contributed by atoms with Gasteiger partial charge in [-0.05, 0) is 30.3 Å². The molecule has 0 saturated carbocycles. The van der Waals surface area contributed by atoms with Crippen LogP contribution in [0.2, 0.25) is 0 Å². The third kappa shape index (κ3) is 3.36. The number of benzene rings is 2. The van der Waals surface area contributed by atoms with Crippen LogP contribution in [-0.2, 0) is 6.18 Å². The fourth-order valence-electron chi connectivity index (χ4n) is 1.78. The van der Waals surface area contributed by atoms with E-state index >= 15 is 0 Å². The van der Waals surface area contributed by atoms with Gasteiger partial charge in [0.1, 0.15) is 0 Å². The summed E-state index contributed by atoms with van der Waals surface area (Å²) in [6.45, 7) is 0. The Hall–Kier alpha value is -2.44. The molecule has 0 fully saturated rings. The molecule has 0 aliphatic heterocycles. The molecule has 0 aliphatic carbocycles. The average Bonchev–Trinajstić information content (AvgIpc) is 2.42. The third-order valence-electron chi connectivity index (χ3n) is 2.80. The molecule has 0 amide bonds. The minimum absolute atomic E-state index is 0.00788. The first kappa shape index (κ1) is 15.0. The van der Waals surface area contributed by atoms with Gasteiger partial charge in [0.25, 0.3) is 0 Å².